The summed E-state index contributed by atoms with van der Waals surface area (Å²) in [6, 6.07) is 5.49. The van der Waals surface area contributed by atoms with Crippen LogP contribution < -0.4 is 15.4 Å². The topological polar surface area (TPSA) is 81.1 Å². The highest BCUT2D eigenvalue weighted by Crippen LogP contribution is 2.23. The maximum Gasteiger partial charge on any atom is 0.319 e. The van der Waals surface area contributed by atoms with Crippen molar-refractivity contribution in [2.24, 2.45) is 0 Å². The van der Waals surface area contributed by atoms with E-state index in [-0.39, 0.29) is 18.2 Å². The third-order valence-electron chi connectivity index (χ3n) is 3.94. The minimum atomic E-state index is -0.208. The van der Waals surface area contributed by atoms with Gasteiger partial charge in [-0.3, -0.25) is 0 Å². The Hall–Kier alpha value is -2.57. The summed E-state index contributed by atoms with van der Waals surface area (Å²) in [4.78, 5) is 16.4. The largest absolute Gasteiger partial charge is 0.491 e. The minimum Gasteiger partial charge on any atom is -0.491 e. The Balaban J connectivity index is 1.56. The number of aryl methyl sites for hydroxylation is 2. The van der Waals surface area contributed by atoms with Gasteiger partial charge < -0.3 is 15.4 Å². The highest BCUT2D eigenvalue weighted by Gasteiger charge is 2.21. The van der Waals surface area contributed by atoms with Gasteiger partial charge in [0, 0.05) is 12.1 Å². The number of nitrogens with zero attached hydrogens (tertiary/aromatic N) is 3. The first-order valence-electron chi connectivity index (χ1n) is 8.23. The maximum absolute atomic E-state index is 12.2. The lowest BCUT2D eigenvalue weighted by atomic mass is 10.1. The molecule has 24 heavy (non-hydrogen) atoms. The van der Waals surface area contributed by atoms with Crippen LogP contribution in [0.1, 0.15) is 31.7 Å². The zero-order chi connectivity index (χ0) is 17.1. The number of nitrogens with one attached hydrogen (secondary N) is 2. The molecule has 0 spiro atoms. The molecular weight excluding hydrogens is 306 g/mol. The van der Waals surface area contributed by atoms with Gasteiger partial charge in [0.1, 0.15) is 17.9 Å². The van der Waals surface area contributed by atoms with Crippen LogP contribution in [0, 0.1) is 6.92 Å². The number of ether oxygens (including phenoxy) is 1. The first-order valence-corrected chi connectivity index (χ1v) is 8.23. The molecule has 1 aliphatic heterocycles. The van der Waals surface area contributed by atoms with Gasteiger partial charge in [0.25, 0.3) is 0 Å². The summed E-state index contributed by atoms with van der Waals surface area (Å²) in [7, 11) is 0. The van der Waals surface area contributed by atoms with Crippen LogP contribution in [0.4, 0.5) is 10.5 Å². The van der Waals surface area contributed by atoms with E-state index in [4.69, 9.17) is 4.74 Å². The fourth-order valence-electron chi connectivity index (χ4n) is 2.82. The molecular formula is C17H23N5O2. The lowest BCUT2D eigenvalue weighted by Gasteiger charge is -2.23. The Morgan fingerprint density at radius 3 is 3.00 bits per heavy atom. The molecule has 1 aromatic heterocycles. The van der Waals surface area contributed by atoms with E-state index >= 15 is 0 Å². The van der Waals surface area contributed by atoms with Gasteiger partial charge in [-0.2, -0.15) is 5.10 Å². The molecule has 1 aromatic carbocycles. The van der Waals surface area contributed by atoms with E-state index in [1.165, 1.54) is 0 Å². The quantitative estimate of drug-likeness (QED) is 0.903. The van der Waals surface area contributed by atoms with Crippen LogP contribution in [0.2, 0.25) is 0 Å². The van der Waals surface area contributed by atoms with Crippen molar-refractivity contribution in [2.75, 3.05) is 5.32 Å². The third-order valence-corrected chi connectivity index (χ3v) is 3.94. The van der Waals surface area contributed by atoms with Crippen LogP contribution >= 0.6 is 0 Å². The summed E-state index contributed by atoms with van der Waals surface area (Å²) >= 11 is 0. The molecule has 3 rings (SSSR count). The molecule has 1 atom stereocenters. The molecule has 1 aliphatic rings. The Bertz CT molecular complexity index is 726. The van der Waals surface area contributed by atoms with E-state index in [0.29, 0.717) is 6.54 Å². The van der Waals surface area contributed by atoms with E-state index < -0.39 is 0 Å². The second-order valence-corrected chi connectivity index (χ2v) is 6.34. The summed E-state index contributed by atoms with van der Waals surface area (Å²) in [5.74, 6) is 1.81. The Morgan fingerprint density at radius 1 is 1.42 bits per heavy atom. The van der Waals surface area contributed by atoms with Crippen molar-refractivity contribution in [3.63, 3.8) is 0 Å². The number of hydrogen-bond donors (Lipinski definition) is 2. The average Bonchev–Trinajstić information content (AvgIpc) is 2.97. The fourth-order valence-corrected chi connectivity index (χ4v) is 2.82. The molecule has 0 saturated heterocycles. The second-order valence-electron chi connectivity index (χ2n) is 6.34. The van der Waals surface area contributed by atoms with Gasteiger partial charge in [0.05, 0.1) is 18.7 Å². The van der Waals surface area contributed by atoms with Gasteiger partial charge in [0.2, 0.25) is 0 Å². The first-order chi connectivity index (χ1) is 11.5. The Labute approximate surface area is 141 Å². The van der Waals surface area contributed by atoms with Crippen LogP contribution in [-0.4, -0.2) is 32.9 Å². The lowest BCUT2D eigenvalue weighted by Crippen LogP contribution is -2.43. The second kappa shape index (κ2) is 6.90. The first kappa shape index (κ1) is 16.3. The van der Waals surface area contributed by atoms with Crippen LogP contribution in [0.25, 0.3) is 0 Å². The number of aromatic nitrogens is 3. The van der Waals surface area contributed by atoms with E-state index in [2.05, 4.69) is 20.7 Å². The van der Waals surface area contributed by atoms with Gasteiger partial charge in [-0.25, -0.2) is 14.5 Å². The molecule has 0 bridgehead atoms. The van der Waals surface area contributed by atoms with E-state index in [9.17, 15) is 4.79 Å². The smallest absolute Gasteiger partial charge is 0.319 e. The number of anilines is 1. The van der Waals surface area contributed by atoms with Gasteiger partial charge >= 0.3 is 6.03 Å². The van der Waals surface area contributed by atoms with Crippen molar-refractivity contribution in [1.82, 2.24) is 20.1 Å². The van der Waals surface area contributed by atoms with Crippen LogP contribution in [0.15, 0.2) is 24.5 Å². The predicted molar refractivity (Wildman–Crippen MR) is 91.2 cm³/mol. The van der Waals surface area contributed by atoms with Gasteiger partial charge in [-0.1, -0.05) is 0 Å². The van der Waals surface area contributed by atoms with Crippen molar-refractivity contribution >= 4 is 11.7 Å². The van der Waals surface area contributed by atoms with Crippen LogP contribution in [-0.2, 0) is 13.0 Å². The third kappa shape index (κ3) is 3.84. The van der Waals surface area contributed by atoms with E-state index in [0.717, 1.165) is 35.7 Å². The molecule has 7 heteroatoms. The van der Waals surface area contributed by atoms with E-state index in [1.54, 1.807) is 6.33 Å². The summed E-state index contributed by atoms with van der Waals surface area (Å²) in [6.45, 7) is 6.60. The van der Waals surface area contributed by atoms with Crippen molar-refractivity contribution in [3.05, 3.63) is 35.9 Å². The molecule has 2 amide bonds. The van der Waals surface area contributed by atoms with Crippen molar-refractivity contribution in [2.45, 2.75) is 52.3 Å². The number of amides is 2. The molecule has 0 fully saturated rings. The SMILES string of the molecule is Cc1cc(NC(=O)NC2CCc3ncnn3C2)ccc1OC(C)C. The predicted octanol–water partition coefficient (Wildman–Crippen LogP) is 2.51. The number of carbonyl (C=O) groups is 1. The Morgan fingerprint density at radius 2 is 2.25 bits per heavy atom. The summed E-state index contributed by atoms with van der Waals surface area (Å²) < 4.78 is 7.55. The molecule has 1 unspecified atom stereocenters. The van der Waals surface area contributed by atoms with Gasteiger partial charge in [-0.05, 0) is 51.0 Å². The standard InChI is InChI=1S/C17H23N5O2/c1-11(2)24-15-6-4-13(8-12(15)3)20-17(23)21-14-5-7-16-18-10-19-22(16)9-14/h4,6,8,10-11,14H,5,7,9H2,1-3H3,(H2,20,21,23). The molecule has 2 N–H and O–H groups in total. The Kier molecular flexibility index (Phi) is 4.69. The lowest BCUT2D eigenvalue weighted by molar-refractivity contribution is 0.240. The molecule has 2 aromatic rings. The number of rotatable bonds is 4. The average molecular weight is 329 g/mol. The summed E-state index contributed by atoms with van der Waals surface area (Å²) in [5, 5.41) is 10.0. The van der Waals surface area contributed by atoms with Crippen molar-refractivity contribution in [1.29, 1.82) is 0 Å². The number of hydrogen-bond acceptors (Lipinski definition) is 4. The molecule has 0 aliphatic carbocycles. The molecule has 2 heterocycles. The zero-order valence-corrected chi connectivity index (χ0v) is 14.2. The number of fused-ring (bicyclic) bond motifs is 1. The van der Waals surface area contributed by atoms with Crippen LogP contribution in [0.3, 0.4) is 0 Å². The highest BCUT2D eigenvalue weighted by molar-refractivity contribution is 5.89. The molecule has 128 valence electrons. The number of carbonyl (C=O) groups excluding carboxylic acids is 1. The van der Waals surface area contributed by atoms with Crippen LogP contribution in [0.5, 0.6) is 5.75 Å². The normalized spacial score (nSPS) is 16.6. The summed E-state index contributed by atoms with van der Waals surface area (Å²) in [6.07, 6.45) is 3.37. The van der Waals surface area contributed by atoms with Gasteiger partial charge in [-0.15, -0.1) is 0 Å². The summed E-state index contributed by atoms with van der Waals surface area (Å²) in [5.41, 5.74) is 1.74. The molecule has 0 radical (unpaired) electrons. The molecule has 0 saturated carbocycles. The highest BCUT2D eigenvalue weighted by atomic mass is 16.5. The molecule has 7 nitrogen and oxygen atoms in total. The van der Waals surface area contributed by atoms with Gasteiger partial charge in [0.15, 0.2) is 0 Å². The van der Waals surface area contributed by atoms with Crippen molar-refractivity contribution < 1.29 is 9.53 Å². The van der Waals surface area contributed by atoms with Crippen molar-refractivity contribution in [3.8, 4) is 5.75 Å². The minimum absolute atomic E-state index is 0.0591. The fraction of sp³-hybridized carbons (Fsp3) is 0.471. The zero-order valence-electron chi connectivity index (χ0n) is 14.2. The maximum atomic E-state index is 12.2. The monoisotopic (exact) mass is 329 g/mol. The van der Waals surface area contributed by atoms with E-state index in [1.807, 2.05) is 43.7 Å². The number of urea groups is 1. The number of benzene rings is 1.